The molecular weight excluding hydrogens is 245 g/mol. The zero-order chi connectivity index (χ0) is 13.8. The number of carbonyl (C=O) groups excluding carboxylic acids is 1. The Labute approximate surface area is 110 Å². The molecule has 1 amide bonds. The first-order valence-corrected chi connectivity index (χ1v) is 5.82. The number of benzene rings is 1. The number of pyridine rings is 1. The molecular formula is C14H14FN3O. The molecule has 1 aromatic heterocycles. The second kappa shape index (κ2) is 5.48. The van der Waals surface area contributed by atoms with E-state index in [1.807, 2.05) is 19.1 Å². The van der Waals surface area contributed by atoms with E-state index in [1.54, 1.807) is 6.20 Å². The third kappa shape index (κ3) is 2.88. The van der Waals surface area contributed by atoms with Crippen LogP contribution in [0.4, 0.5) is 10.1 Å². The number of carbonyl (C=O) groups is 1. The molecule has 19 heavy (non-hydrogen) atoms. The molecule has 0 spiro atoms. The van der Waals surface area contributed by atoms with Crippen LogP contribution in [-0.4, -0.2) is 10.9 Å². The van der Waals surface area contributed by atoms with Gasteiger partial charge in [0.25, 0.3) is 5.91 Å². The van der Waals surface area contributed by atoms with Gasteiger partial charge in [-0.15, -0.1) is 0 Å². The molecule has 1 aromatic carbocycles. The van der Waals surface area contributed by atoms with E-state index in [1.165, 1.54) is 18.2 Å². The predicted molar refractivity (Wildman–Crippen MR) is 71.0 cm³/mol. The molecule has 0 unspecified atom stereocenters. The smallest absolute Gasteiger partial charge is 0.253 e. The molecule has 0 aliphatic rings. The lowest BCUT2D eigenvalue weighted by molar-refractivity contribution is 0.0951. The maximum Gasteiger partial charge on any atom is 0.253 e. The molecule has 0 saturated carbocycles. The van der Waals surface area contributed by atoms with Gasteiger partial charge >= 0.3 is 0 Å². The first-order valence-electron chi connectivity index (χ1n) is 5.82. The van der Waals surface area contributed by atoms with E-state index in [2.05, 4.69) is 10.3 Å². The van der Waals surface area contributed by atoms with E-state index < -0.39 is 11.7 Å². The normalized spacial score (nSPS) is 10.2. The summed E-state index contributed by atoms with van der Waals surface area (Å²) in [6.07, 6.45) is 1.66. The summed E-state index contributed by atoms with van der Waals surface area (Å²) < 4.78 is 13.2. The van der Waals surface area contributed by atoms with E-state index in [0.717, 1.165) is 11.3 Å². The number of amides is 1. The average molecular weight is 259 g/mol. The third-order valence-corrected chi connectivity index (χ3v) is 2.83. The Morgan fingerprint density at radius 2 is 2.16 bits per heavy atom. The highest BCUT2D eigenvalue weighted by Crippen LogP contribution is 2.15. The Morgan fingerprint density at radius 3 is 2.89 bits per heavy atom. The maximum atomic E-state index is 13.2. The lowest BCUT2D eigenvalue weighted by Crippen LogP contribution is -2.25. The number of nitrogen functional groups attached to an aromatic ring is 1. The Kier molecular flexibility index (Phi) is 3.75. The lowest BCUT2D eigenvalue weighted by Gasteiger charge is -2.09. The highest BCUT2D eigenvalue weighted by atomic mass is 19.1. The second-order valence-corrected chi connectivity index (χ2v) is 4.15. The number of hydrogen-bond donors (Lipinski definition) is 2. The Morgan fingerprint density at radius 1 is 1.37 bits per heavy atom. The minimum absolute atomic E-state index is 0.133. The molecule has 5 heteroatoms. The highest BCUT2D eigenvalue weighted by Gasteiger charge is 2.12. The van der Waals surface area contributed by atoms with Crippen molar-refractivity contribution in [3.05, 3.63) is 59.2 Å². The van der Waals surface area contributed by atoms with Gasteiger partial charge in [-0.3, -0.25) is 9.78 Å². The van der Waals surface area contributed by atoms with E-state index in [4.69, 9.17) is 5.73 Å². The molecule has 0 fully saturated rings. The van der Waals surface area contributed by atoms with Crippen molar-refractivity contribution in [2.45, 2.75) is 13.5 Å². The van der Waals surface area contributed by atoms with Crippen LogP contribution in [0.15, 0.2) is 36.5 Å². The van der Waals surface area contributed by atoms with Crippen molar-refractivity contribution in [2.24, 2.45) is 0 Å². The van der Waals surface area contributed by atoms with Gasteiger partial charge in [-0.05, 0) is 30.7 Å². The van der Waals surface area contributed by atoms with E-state index in [9.17, 15) is 9.18 Å². The molecule has 3 N–H and O–H groups in total. The van der Waals surface area contributed by atoms with Crippen LogP contribution in [0.1, 0.15) is 21.6 Å². The van der Waals surface area contributed by atoms with Gasteiger partial charge in [0.2, 0.25) is 0 Å². The fourth-order valence-electron chi connectivity index (χ4n) is 1.70. The van der Waals surface area contributed by atoms with Crippen LogP contribution in [0, 0.1) is 12.7 Å². The number of halogens is 1. The lowest BCUT2D eigenvalue weighted by atomic mass is 10.1. The van der Waals surface area contributed by atoms with Crippen LogP contribution in [-0.2, 0) is 6.54 Å². The second-order valence-electron chi connectivity index (χ2n) is 4.15. The molecule has 0 bridgehead atoms. The van der Waals surface area contributed by atoms with E-state index in [0.29, 0.717) is 0 Å². The number of aromatic nitrogens is 1. The van der Waals surface area contributed by atoms with Crippen molar-refractivity contribution in [3.63, 3.8) is 0 Å². The van der Waals surface area contributed by atoms with Gasteiger partial charge < -0.3 is 11.1 Å². The van der Waals surface area contributed by atoms with Gasteiger partial charge in [-0.25, -0.2) is 4.39 Å². The van der Waals surface area contributed by atoms with E-state index >= 15 is 0 Å². The van der Waals surface area contributed by atoms with Crippen molar-refractivity contribution in [2.75, 3.05) is 5.73 Å². The summed E-state index contributed by atoms with van der Waals surface area (Å²) in [4.78, 5) is 16.1. The molecule has 1 heterocycles. The number of nitrogens with zero attached hydrogens (tertiary/aromatic N) is 1. The van der Waals surface area contributed by atoms with Crippen LogP contribution in [0.25, 0.3) is 0 Å². The van der Waals surface area contributed by atoms with Crippen molar-refractivity contribution in [3.8, 4) is 0 Å². The maximum absolute atomic E-state index is 13.2. The monoisotopic (exact) mass is 259 g/mol. The summed E-state index contributed by atoms with van der Waals surface area (Å²) in [6, 6.07) is 7.89. The molecule has 0 saturated heterocycles. The van der Waals surface area contributed by atoms with Gasteiger partial charge in [0.05, 0.1) is 23.5 Å². The predicted octanol–water partition coefficient (Wildman–Crippen LogP) is 2.04. The number of hydrogen-bond acceptors (Lipinski definition) is 3. The van der Waals surface area contributed by atoms with Gasteiger partial charge in [0.1, 0.15) is 5.82 Å². The van der Waals surface area contributed by atoms with Crippen molar-refractivity contribution in [1.29, 1.82) is 0 Å². The number of para-hydroxylation sites is 1. The van der Waals surface area contributed by atoms with Gasteiger partial charge in [0.15, 0.2) is 0 Å². The average Bonchev–Trinajstić information content (AvgIpc) is 2.40. The summed E-state index contributed by atoms with van der Waals surface area (Å²) in [5.41, 5.74) is 7.27. The zero-order valence-corrected chi connectivity index (χ0v) is 10.5. The van der Waals surface area contributed by atoms with Crippen molar-refractivity contribution in [1.82, 2.24) is 10.3 Å². The summed E-state index contributed by atoms with van der Waals surface area (Å²) in [7, 11) is 0. The minimum atomic E-state index is -0.596. The Balaban J connectivity index is 2.10. The fraction of sp³-hybridized carbons (Fsp3) is 0.143. The quantitative estimate of drug-likeness (QED) is 0.829. The van der Waals surface area contributed by atoms with Crippen LogP contribution < -0.4 is 11.1 Å². The van der Waals surface area contributed by atoms with Crippen LogP contribution in [0.5, 0.6) is 0 Å². The van der Waals surface area contributed by atoms with E-state index in [-0.39, 0.29) is 17.8 Å². The van der Waals surface area contributed by atoms with Gasteiger partial charge in [0, 0.05) is 6.20 Å². The summed E-state index contributed by atoms with van der Waals surface area (Å²) in [5, 5.41) is 2.68. The van der Waals surface area contributed by atoms with Crippen LogP contribution >= 0.6 is 0 Å². The number of nitrogens with one attached hydrogen (secondary N) is 1. The molecule has 2 rings (SSSR count). The molecule has 98 valence electrons. The minimum Gasteiger partial charge on any atom is -0.396 e. The molecule has 0 radical (unpaired) electrons. The molecule has 0 aliphatic heterocycles. The van der Waals surface area contributed by atoms with Crippen LogP contribution in [0.2, 0.25) is 0 Å². The van der Waals surface area contributed by atoms with Crippen molar-refractivity contribution >= 4 is 11.6 Å². The van der Waals surface area contributed by atoms with Crippen molar-refractivity contribution < 1.29 is 9.18 Å². The number of rotatable bonds is 3. The largest absolute Gasteiger partial charge is 0.396 e. The highest BCUT2D eigenvalue weighted by molar-refractivity contribution is 5.99. The SMILES string of the molecule is Cc1cccnc1CNC(=O)c1cccc(F)c1N. The topological polar surface area (TPSA) is 68.0 Å². The molecule has 0 aliphatic carbocycles. The van der Waals surface area contributed by atoms with Gasteiger partial charge in [-0.1, -0.05) is 12.1 Å². The fourth-order valence-corrected chi connectivity index (χ4v) is 1.70. The Bertz CT molecular complexity index is 613. The van der Waals surface area contributed by atoms with Crippen LogP contribution in [0.3, 0.4) is 0 Å². The summed E-state index contributed by atoms with van der Waals surface area (Å²) in [5.74, 6) is -1.01. The molecule has 4 nitrogen and oxygen atoms in total. The first-order chi connectivity index (χ1) is 9.09. The zero-order valence-electron chi connectivity index (χ0n) is 10.5. The Hall–Kier alpha value is -2.43. The number of nitrogens with two attached hydrogens (primary N) is 1. The standard InChI is InChI=1S/C14H14FN3O/c1-9-4-3-7-17-12(9)8-18-14(19)10-5-2-6-11(15)13(10)16/h2-7H,8,16H2,1H3,(H,18,19). The third-order valence-electron chi connectivity index (χ3n) is 2.83. The first kappa shape index (κ1) is 13.0. The molecule has 2 aromatic rings. The molecule has 0 atom stereocenters. The summed E-state index contributed by atoms with van der Waals surface area (Å²) >= 11 is 0. The van der Waals surface area contributed by atoms with Gasteiger partial charge in [-0.2, -0.15) is 0 Å². The summed E-state index contributed by atoms with van der Waals surface area (Å²) in [6.45, 7) is 2.19. The number of aryl methyl sites for hydroxylation is 1. The number of anilines is 1.